The number of thioether (sulfide) groups is 1. The number of nitrogens with zero attached hydrogens (tertiary/aromatic N) is 5. The molecule has 0 radical (unpaired) electrons. The van der Waals surface area contributed by atoms with Crippen molar-refractivity contribution in [2.75, 3.05) is 39.2 Å². The van der Waals surface area contributed by atoms with Gasteiger partial charge in [-0.2, -0.15) is 0 Å². The normalized spacial score (nSPS) is 14.8. The maximum Gasteiger partial charge on any atom is 0.221 e. The highest BCUT2D eigenvalue weighted by Crippen LogP contribution is 2.16. The predicted molar refractivity (Wildman–Crippen MR) is 114 cm³/mol. The van der Waals surface area contributed by atoms with Crippen molar-refractivity contribution in [3.8, 4) is 5.75 Å². The molecule has 9 nitrogen and oxygen atoms in total. The molecule has 0 aliphatic carbocycles. The third-order valence-corrected chi connectivity index (χ3v) is 6.07. The van der Waals surface area contributed by atoms with Gasteiger partial charge in [0, 0.05) is 51.6 Å². The second-order valence-electron chi connectivity index (χ2n) is 7.28. The first kappa shape index (κ1) is 22.5. The lowest BCUT2D eigenvalue weighted by Gasteiger charge is -2.31. The Bertz CT molecular complexity index is 796. The van der Waals surface area contributed by atoms with E-state index in [9.17, 15) is 4.79 Å². The average Bonchev–Trinajstić information content (AvgIpc) is 3.18. The van der Waals surface area contributed by atoms with Gasteiger partial charge in [0.1, 0.15) is 12.4 Å². The molecule has 0 saturated carbocycles. The van der Waals surface area contributed by atoms with Crippen molar-refractivity contribution in [3.63, 3.8) is 0 Å². The number of benzene rings is 1. The van der Waals surface area contributed by atoms with Crippen molar-refractivity contribution in [3.05, 3.63) is 29.8 Å². The molecule has 1 aliphatic rings. The molecule has 1 aromatic carbocycles. The number of carbonyl (C=O) groups excluding carboxylic acids is 1. The van der Waals surface area contributed by atoms with Gasteiger partial charge in [0.15, 0.2) is 0 Å². The van der Waals surface area contributed by atoms with Crippen LogP contribution in [-0.4, -0.2) is 76.2 Å². The molecule has 2 heterocycles. The van der Waals surface area contributed by atoms with Gasteiger partial charge in [-0.15, -0.1) is 5.10 Å². The van der Waals surface area contributed by atoms with Gasteiger partial charge in [0.2, 0.25) is 11.1 Å². The Morgan fingerprint density at radius 1 is 1.40 bits per heavy atom. The highest BCUT2D eigenvalue weighted by Gasteiger charge is 2.18. The summed E-state index contributed by atoms with van der Waals surface area (Å²) in [5.74, 6) is 1.46. The van der Waals surface area contributed by atoms with Crippen LogP contribution >= 0.6 is 11.8 Å². The molecule has 1 saturated heterocycles. The molecular formula is C20H30N6O3S. The van der Waals surface area contributed by atoms with Crippen LogP contribution in [0.2, 0.25) is 0 Å². The molecule has 10 heteroatoms. The van der Waals surface area contributed by atoms with E-state index in [1.165, 1.54) is 11.8 Å². The Kier molecular flexibility index (Phi) is 8.91. The van der Waals surface area contributed by atoms with E-state index in [1.54, 1.807) is 11.7 Å². The Hall–Kier alpha value is -2.17. The summed E-state index contributed by atoms with van der Waals surface area (Å²) >= 11 is 1.46. The van der Waals surface area contributed by atoms with Crippen LogP contribution in [0, 0.1) is 0 Å². The number of amides is 1. The van der Waals surface area contributed by atoms with Crippen LogP contribution in [0.15, 0.2) is 29.4 Å². The lowest BCUT2D eigenvalue weighted by Crippen LogP contribution is -2.38. The van der Waals surface area contributed by atoms with Crippen LogP contribution < -0.4 is 10.1 Å². The maximum absolute atomic E-state index is 12.1. The van der Waals surface area contributed by atoms with Crippen molar-refractivity contribution in [2.24, 2.45) is 7.05 Å². The first-order chi connectivity index (χ1) is 14.6. The highest BCUT2D eigenvalue weighted by molar-refractivity contribution is 7.99. The molecule has 0 atom stereocenters. The molecule has 1 aliphatic heterocycles. The molecule has 1 fully saturated rings. The quantitative estimate of drug-likeness (QED) is 0.532. The first-order valence-electron chi connectivity index (χ1n) is 10.2. The fourth-order valence-electron chi connectivity index (χ4n) is 3.23. The number of aromatic nitrogens is 4. The zero-order valence-electron chi connectivity index (χ0n) is 17.6. The number of tetrazole rings is 1. The lowest BCUT2D eigenvalue weighted by atomic mass is 10.1. The number of rotatable bonds is 11. The molecule has 1 aromatic heterocycles. The number of ether oxygens (including phenoxy) is 2. The minimum Gasteiger partial charge on any atom is -0.492 e. The summed E-state index contributed by atoms with van der Waals surface area (Å²) in [5.41, 5.74) is 1.02. The SMILES string of the molecule is CN(CCOc1cccc(CNC(=O)CCSc2nnnn2C)c1)C1CCOCC1. The van der Waals surface area contributed by atoms with E-state index in [4.69, 9.17) is 9.47 Å². The van der Waals surface area contributed by atoms with Gasteiger partial charge in [-0.1, -0.05) is 23.9 Å². The van der Waals surface area contributed by atoms with Gasteiger partial charge >= 0.3 is 0 Å². The highest BCUT2D eigenvalue weighted by atomic mass is 32.2. The lowest BCUT2D eigenvalue weighted by molar-refractivity contribution is -0.120. The van der Waals surface area contributed by atoms with Crippen LogP contribution in [0.25, 0.3) is 0 Å². The Morgan fingerprint density at radius 2 is 2.23 bits per heavy atom. The van der Waals surface area contributed by atoms with Gasteiger partial charge < -0.3 is 14.8 Å². The maximum atomic E-state index is 12.1. The van der Waals surface area contributed by atoms with Crippen LogP contribution in [0.4, 0.5) is 0 Å². The Morgan fingerprint density at radius 3 is 3.00 bits per heavy atom. The zero-order valence-corrected chi connectivity index (χ0v) is 18.4. The molecule has 0 bridgehead atoms. The second kappa shape index (κ2) is 11.9. The summed E-state index contributed by atoms with van der Waals surface area (Å²) in [7, 11) is 3.92. The van der Waals surface area contributed by atoms with Crippen LogP contribution in [0.1, 0.15) is 24.8 Å². The first-order valence-corrected chi connectivity index (χ1v) is 11.2. The second-order valence-corrected chi connectivity index (χ2v) is 8.34. The smallest absolute Gasteiger partial charge is 0.221 e. The van der Waals surface area contributed by atoms with E-state index in [-0.39, 0.29) is 5.91 Å². The van der Waals surface area contributed by atoms with Gasteiger partial charge in [-0.3, -0.25) is 9.69 Å². The van der Waals surface area contributed by atoms with E-state index >= 15 is 0 Å². The van der Waals surface area contributed by atoms with E-state index < -0.39 is 0 Å². The van der Waals surface area contributed by atoms with Gasteiger partial charge in [-0.05, 0) is 48.0 Å². The van der Waals surface area contributed by atoms with Gasteiger partial charge in [0.05, 0.1) is 0 Å². The molecule has 0 spiro atoms. The molecule has 3 rings (SSSR count). The summed E-state index contributed by atoms with van der Waals surface area (Å²) < 4.78 is 12.9. The summed E-state index contributed by atoms with van der Waals surface area (Å²) in [4.78, 5) is 14.4. The van der Waals surface area contributed by atoms with Gasteiger partial charge in [-0.25, -0.2) is 4.68 Å². The Balaban J connectivity index is 1.34. The summed E-state index contributed by atoms with van der Waals surface area (Å²) in [6.45, 7) is 3.69. The number of likely N-dealkylation sites (N-methyl/N-ethyl adjacent to an activating group) is 1. The summed E-state index contributed by atoms with van der Waals surface area (Å²) in [6.07, 6.45) is 2.57. The summed E-state index contributed by atoms with van der Waals surface area (Å²) in [5, 5.41) is 14.9. The van der Waals surface area contributed by atoms with Crippen LogP contribution in [0.3, 0.4) is 0 Å². The standard InChI is InChI=1S/C20H30N6O3S/c1-25(17-6-10-28-11-7-17)9-12-29-18-5-3-4-16(14-18)15-21-19(27)8-13-30-20-22-23-24-26(20)2/h3-5,14,17H,6-13,15H2,1-2H3,(H,21,27). The minimum atomic E-state index is 0.00188. The van der Waals surface area contributed by atoms with Crippen molar-refractivity contribution in [2.45, 2.75) is 37.0 Å². The third kappa shape index (κ3) is 7.26. The third-order valence-electron chi connectivity index (χ3n) is 5.06. The van der Waals surface area contributed by atoms with Gasteiger partial charge in [0.25, 0.3) is 0 Å². The largest absolute Gasteiger partial charge is 0.492 e. The summed E-state index contributed by atoms with van der Waals surface area (Å²) in [6, 6.07) is 8.45. The number of carbonyl (C=O) groups is 1. The van der Waals surface area contributed by atoms with E-state index in [1.807, 2.05) is 24.3 Å². The average molecular weight is 435 g/mol. The zero-order chi connectivity index (χ0) is 21.2. The number of hydrogen-bond acceptors (Lipinski definition) is 8. The molecule has 2 aromatic rings. The fourth-order valence-corrected chi connectivity index (χ4v) is 4.02. The predicted octanol–water partition coefficient (Wildman–Crippen LogP) is 1.50. The number of hydrogen-bond donors (Lipinski definition) is 1. The number of aryl methyl sites for hydroxylation is 1. The molecule has 1 amide bonds. The van der Waals surface area contributed by atoms with Crippen molar-refractivity contribution in [1.82, 2.24) is 30.4 Å². The van der Waals surface area contributed by atoms with Crippen molar-refractivity contribution >= 4 is 17.7 Å². The van der Waals surface area contributed by atoms with Crippen molar-refractivity contribution in [1.29, 1.82) is 0 Å². The Labute approximate surface area is 181 Å². The molecule has 1 N–H and O–H groups in total. The number of nitrogens with one attached hydrogen (secondary N) is 1. The van der Waals surface area contributed by atoms with E-state index in [0.717, 1.165) is 43.9 Å². The van der Waals surface area contributed by atoms with E-state index in [0.29, 0.717) is 36.5 Å². The molecule has 0 unspecified atom stereocenters. The van der Waals surface area contributed by atoms with E-state index in [2.05, 4.69) is 32.8 Å². The monoisotopic (exact) mass is 434 g/mol. The minimum absolute atomic E-state index is 0.00188. The van der Waals surface area contributed by atoms with Crippen molar-refractivity contribution < 1.29 is 14.3 Å². The molecule has 164 valence electrons. The van der Waals surface area contributed by atoms with Crippen LogP contribution in [0.5, 0.6) is 5.75 Å². The molecular weight excluding hydrogens is 404 g/mol. The molecule has 30 heavy (non-hydrogen) atoms. The van der Waals surface area contributed by atoms with Crippen LogP contribution in [-0.2, 0) is 23.1 Å². The topological polar surface area (TPSA) is 94.4 Å². The fraction of sp³-hybridized carbons (Fsp3) is 0.600.